The number of hydrogen-bond acceptors (Lipinski definition) is 6. The predicted molar refractivity (Wildman–Crippen MR) is 127 cm³/mol. The van der Waals surface area contributed by atoms with Crippen LogP contribution in [0.15, 0.2) is 35.5 Å². The van der Waals surface area contributed by atoms with Crippen molar-refractivity contribution in [3.8, 4) is 0 Å². The molecular weight excluding hydrogens is 513 g/mol. The first-order valence-electron chi connectivity index (χ1n) is 10.2. The number of carbonyl (C=O) groups is 1. The summed E-state index contributed by atoms with van der Waals surface area (Å²) in [6.45, 7) is 7.25. The highest BCUT2D eigenvalue weighted by Crippen LogP contribution is 2.49. The van der Waals surface area contributed by atoms with E-state index in [1.807, 2.05) is 20.8 Å². The van der Waals surface area contributed by atoms with Crippen molar-refractivity contribution in [2.45, 2.75) is 51.5 Å². The lowest BCUT2D eigenvalue weighted by molar-refractivity contribution is -0.275. The maximum Gasteiger partial charge on any atom is 0.435 e. The van der Waals surface area contributed by atoms with Crippen LogP contribution in [0, 0.1) is 12.7 Å². The first-order chi connectivity index (χ1) is 16.0. The van der Waals surface area contributed by atoms with Crippen molar-refractivity contribution in [2.75, 3.05) is 12.1 Å². The van der Waals surface area contributed by atoms with Crippen LogP contribution in [0.2, 0.25) is 10.0 Å². The molecule has 0 saturated carbocycles. The molecule has 1 aliphatic rings. The van der Waals surface area contributed by atoms with E-state index in [-0.39, 0.29) is 22.4 Å². The summed E-state index contributed by atoms with van der Waals surface area (Å²) in [6.07, 6.45) is -5.45. The fourth-order valence-corrected chi connectivity index (χ4v) is 3.64. The number of carbonyl (C=O) groups excluding carboxylic acids is 1. The smallest absolute Gasteiger partial charge is 0.435 e. The highest BCUT2D eigenvalue weighted by molar-refractivity contribution is 6.33. The molecule has 0 spiro atoms. The summed E-state index contributed by atoms with van der Waals surface area (Å²) in [6, 6.07) is 6.52. The lowest BCUT2D eigenvalue weighted by atomic mass is 9.85. The van der Waals surface area contributed by atoms with Crippen molar-refractivity contribution in [2.24, 2.45) is 11.0 Å². The van der Waals surface area contributed by atoms with Crippen LogP contribution >= 0.6 is 23.2 Å². The van der Waals surface area contributed by atoms with Crippen molar-refractivity contribution in [1.82, 2.24) is 0 Å². The molecule has 0 bridgehead atoms. The number of oxime groups is 1. The molecule has 192 valence electrons. The summed E-state index contributed by atoms with van der Waals surface area (Å²) in [5.41, 5.74) is -2.62. The number of nitrogens with two attached hydrogens (primary N) is 1. The SMILES string of the molecule is CC(C)(C)OC=O.Cc1cc(C2(C(F)(F)F)CC(c3ccc(Cl)c(N(C)N)c3)=NO2)cc(Cl)c1F. The Labute approximate surface area is 210 Å². The van der Waals surface area contributed by atoms with Crippen molar-refractivity contribution in [3.05, 3.63) is 62.9 Å². The van der Waals surface area contributed by atoms with E-state index in [1.54, 1.807) is 7.05 Å². The highest BCUT2D eigenvalue weighted by Gasteiger charge is 2.62. The van der Waals surface area contributed by atoms with Crippen LogP contribution in [0.25, 0.3) is 0 Å². The molecule has 0 aromatic heterocycles. The van der Waals surface area contributed by atoms with Gasteiger partial charge < -0.3 is 14.6 Å². The number of rotatable bonds is 4. The molecule has 2 aromatic carbocycles. The third kappa shape index (κ3) is 6.56. The van der Waals surface area contributed by atoms with Gasteiger partial charge in [0, 0.05) is 24.6 Å². The van der Waals surface area contributed by atoms with Crippen molar-refractivity contribution >= 4 is 41.1 Å². The zero-order chi connectivity index (χ0) is 26.8. The summed E-state index contributed by atoms with van der Waals surface area (Å²) in [5, 5.41) is 4.82. The van der Waals surface area contributed by atoms with Crippen LogP contribution in [-0.2, 0) is 20.0 Å². The van der Waals surface area contributed by atoms with Gasteiger partial charge in [-0.15, -0.1) is 0 Å². The van der Waals surface area contributed by atoms with Gasteiger partial charge in [0.25, 0.3) is 12.1 Å². The Bertz CT molecular complexity index is 1100. The molecule has 0 fully saturated rings. The molecule has 2 N–H and O–H groups in total. The van der Waals surface area contributed by atoms with E-state index in [9.17, 15) is 22.4 Å². The minimum Gasteiger partial charge on any atom is -0.462 e. The van der Waals surface area contributed by atoms with E-state index in [1.165, 1.54) is 30.1 Å². The van der Waals surface area contributed by atoms with E-state index in [2.05, 4.69) is 9.89 Å². The number of aryl methyl sites for hydroxylation is 1. The molecule has 1 unspecified atom stereocenters. The molecule has 0 radical (unpaired) electrons. The van der Waals surface area contributed by atoms with Gasteiger partial charge in [0.2, 0.25) is 0 Å². The van der Waals surface area contributed by atoms with E-state index >= 15 is 0 Å². The number of halogens is 6. The Balaban J connectivity index is 0.000000540. The van der Waals surface area contributed by atoms with E-state index < -0.39 is 29.0 Å². The number of alkyl halides is 3. The summed E-state index contributed by atoms with van der Waals surface area (Å²) < 4.78 is 60.5. The van der Waals surface area contributed by atoms with Crippen molar-refractivity contribution in [1.29, 1.82) is 0 Å². The number of hydrazine groups is 1. The minimum absolute atomic E-state index is 0.0262. The van der Waals surface area contributed by atoms with Crippen molar-refractivity contribution in [3.63, 3.8) is 0 Å². The van der Waals surface area contributed by atoms with Gasteiger partial charge in [-0.1, -0.05) is 34.4 Å². The summed E-state index contributed by atoms with van der Waals surface area (Å²) >= 11 is 11.8. The Morgan fingerprint density at radius 2 is 1.80 bits per heavy atom. The first-order valence-corrected chi connectivity index (χ1v) is 11.0. The topological polar surface area (TPSA) is 77.2 Å². The number of ether oxygens (including phenoxy) is 1. The second-order valence-electron chi connectivity index (χ2n) is 8.82. The van der Waals surface area contributed by atoms with Gasteiger partial charge in [-0.05, 0) is 57.5 Å². The third-order valence-electron chi connectivity index (χ3n) is 4.92. The molecule has 0 amide bonds. The Kier molecular flexibility index (Phi) is 8.68. The molecule has 1 aliphatic heterocycles. The predicted octanol–water partition coefficient (Wildman–Crippen LogP) is 6.29. The van der Waals surface area contributed by atoms with Crippen LogP contribution in [0.5, 0.6) is 0 Å². The van der Waals surface area contributed by atoms with Gasteiger partial charge in [0.15, 0.2) is 0 Å². The fraction of sp³-hybridized carbons (Fsp3) is 0.391. The van der Waals surface area contributed by atoms with Gasteiger partial charge in [-0.2, -0.15) is 13.2 Å². The first kappa shape index (κ1) is 28.7. The molecule has 6 nitrogen and oxygen atoms in total. The normalized spacial score (nSPS) is 17.7. The lowest BCUT2D eigenvalue weighted by Gasteiger charge is -2.30. The zero-order valence-electron chi connectivity index (χ0n) is 19.6. The van der Waals surface area contributed by atoms with Crippen LogP contribution in [0.4, 0.5) is 23.2 Å². The van der Waals surface area contributed by atoms with Crippen LogP contribution in [0.1, 0.15) is 43.9 Å². The van der Waals surface area contributed by atoms with Crippen LogP contribution in [0.3, 0.4) is 0 Å². The molecular formula is C23H25Cl2F4N3O3. The van der Waals surface area contributed by atoms with Gasteiger partial charge in [0.1, 0.15) is 11.4 Å². The molecule has 0 aliphatic carbocycles. The summed E-state index contributed by atoms with van der Waals surface area (Å²) in [5.74, 6) is 4.91. The van der Waals surface area contributed by atoms with Crippen molar-refractivity contribution < 1.29 is 31.9 Å². The second kappa shape index (κ2) is 10.6. The average Bonchev–Trinajstić information content (AvgIpc) is 3.18. The number of hydrogen-bond donors (Lipinski definition) is 1. The standard InChI is InChI=1S/C18H15Cl2F4N3O.C5H10O2/c1-9-5-11(7-13(20)16(9)21)17(18(22,23)24)8-14(26-28-17)10-3-4-12(19)15(6-10)27(2)25;1-5(2,3)7-4-6/h3-7H,8,25H2,1-2H3;4H,1-3H3. The molecule has 12 heteroatoms. The number of nitrogens with zero attached hydrogens (tertiary/aromatic N) is 2. The maximum absolute atomic E-state index is 14.0. The van der Waals surface area contributed by atoms with Gasteiger partial charge >= 0.3 is 6.18 Å². The molecule has 35 heavy (non-hydrogen) atoms. The lowest BCUT2D eigenvalue weighted by Crippen LogP contribution is -2.42. The molecule has 1 heterocycles. The van der Waals surface area contributed by atoms with Gasteiger partial charge in [-0.25, -0.2) is 10.2 Å². The van der Waals surface area contributed by atoms with Crippen LogP contribution in [-0.4, -0.2) is 31.0 Å². The number of benzene rings is 2. The summed E-state index contributed by atoms with van der Waals surface area (Å²) in [4.78, 5) is 14.5. The Morgan fingerprint density at radius 1 is 1.17 bits per heavy atom. The van der Waals surface area contributed by atoms with E-state index in [0.29, 0.717) is 22.7 Å². The monoisotopic (exact) mass is 537 g/mol. The quantitative estimate of drug-likeness (QED) is 0.214. The average molecular weight is 538 g/mol. The number of anilines is 1. The third-order valence-corrected chi connectivity index (χ3v) is 5.52. The molecule has 2 aromatic rings. The van der Waals surface area contributed by atoms with Gasteiger partial charge in [-0.3, -0.25) is 4.79 Å². The van der Waals surface area contributed by atoms with Gasteiger partial charge in [0.05, 0.1) is 21.4 Å². The molecule has 3 rings (SSSR count). The largest absolute Gasteiger partial charge is 0.462 e. The van der Waals surface area contributed by atoms with E-state index in [0.717, 1.165) is 12.1 Å². The fourth-order valence-electron chi connectivity index (χ4n) is 3.13. The maximum atomic E-state index is 14.0. The Morgan fingerprint density at radius 3 is 2.26 bits per heavy atom. The minimum atomic E-state index is -4.83. The second-order valence-corrected chi connectivity index (χ2v) is 9.64. The van der Waals surface area contributed by atoms with Crippen LogP contribution < -0.4 is 10.9 Å². The molecule has 0 saturated heterocycles. The summed E-state index contributed by atoms with van der Waals surface area (Å²) in [7, 11) is 1.54. The Hall–Kier alpha value is -2.56. The molecule has 1 atom stereocenters. The van der Waals surface area contributed by atoms with E-state index in [4.69, 9.17) is 33.9 Å². The zero-order valence-corrected chi connectivity index (χ0v) is 21.1. The highest BCUT2D eigenvalue weighted by atomic mass is 35.5.